The second kappa shape index (κ2) is 5.62. The highest BCUT2D eigenvalue weighted by atomic mass is 32.1. The van der Waals surface area contributed by atoms with Gasteiger partial charge < -0.3 is 14.3 Å². The average molecular weight is 292 g/mol. The molecule has 106 valence electrons. The largest absolute Gasteiger partial charge is 0.361 e. The lowest BCUT2D eigenvalue weighted by atomic mass is 10.3. The monoisotopic (exact) mass is 292 g/mol. The first kappa shape index (κ1) is 13.1. The van der Waals surface area contributed by atoms with Crippen molar-refractivity contribution in [2.75, 3.05) is 31.1 Å². The predicted molar refractivity (Wildman–Crippen MR) is 76.1 cm³/mol. The number of nitrogens with zero attached hydrogens (tertiary/aromatic N) is 4. The lowest BCUT2D eigenvalue weighted by molar-refractivity contribution is 0.0756. The van der Waals surface area contributed by atoms with Crippen molar-refractivity contribution in [1.82, 2.24) is 15.0 Å². The van der Waals surface area contributed by atoms with Crippen LogP contribution >= 0.6 is 11.3 Å². The topological polar surface area (TPSA) is 62.5 Å². The molecule has 6 nitrogen and oxygen atoms in total. The van der Waals surface area contributed by atoms with Crippen molar-refractivity contribution in [3.63, 3.8) is 0 Å². The van der Waals surface area contributed by atoms with Crippen LogP contribution in [-0.2, 0) is 0 Å². The van der Waals surface area contributed by atoms with E-state index in [1.807, 2.05) is 16.5 Å². The maximum atomic E-state index is 12.3. The van der Waals surface area contributed by atoms with Crippen LogP contribution < -0.4 is 4.90 Å². The van der Waals surface area contributed by atoms with E-state index < -0.39 is 0 Å². The molecular formula is C13H16N4O2S. The van der Waals surface area contributed by atoms with Gasteiger partial charge in [-0.1, -0.05) is 5.16 Å². The fourth-order valence-electron chi connectivity index (χ4n) is 2.31. The molecule has 7 heteroatoms. The van der Waals surface area contributed by atoms with E-state index in [9.17, 15) is 4.79 Å². The number of thiazole rings is 1. The van der Waals surface area contributed by atoms with E-state index >= 15 is 0 Å². The SMILES string of the molecule is Cc1cc(C(=O)N2CCCN(c3nccs3)CC2)no1. The molecule has 1 aliphatic rings. The fourth-order valence-corrected chi connectivity index (χ4v) is 3.01. The number of aromatic nitrogens is 2. The molecule has 1 aliphatic heterocycles. The zero-order valence-corrected chi connectivity index (χ0v) is 12.1. The Hall–Kier alpha value is -1.89. The standard InChI is InChI=1S/C13H16N4O2S/c1-10-9-11(15-19-10)12(18)16-4-2-5-17(7-6-16)13-14-3-8-20-13/h3,8-9H,2,4-7H2,1H3. The molecule has 1 saturated heterocycles. The van der Waals surface area contributed by atoms with Crippen molar-refractivity contribution in [3.05, 3.63) is 29.1 Å². The van der Waals surface area contributed by atoms with E-state index in [0.29, 0.717) is 18.0 Å². The van der Waals surface area contributed by atoms with Gasteiger partial charge in [0.2, 0.25) is 0 Å². The van der Waals surface area contributed by atoms with Gasteiger partial charge in [0.1, 0.15) is 5.76 Å². The third-order valence-electron chi connectivity index (χ3n) is 3.32. The number of carbonyl (C=O) groups is 1. The Labute approximate surface area is 121 Å². The Kier molecular flexibility index (Phi) is 3.68. The van der Waals surface area contributed by atoms with Crippen LogP contribution in [0, 0.1) is 6.92 Å². The maximum Gasteiger partial charge on any atom is 0.276 e. The van der Waals surface area contributed by atoms with Crippen molar-refractivity contribution in [1.29, 1.82) is 0 Å². The summed E-state index contributed by atoms with van der Waals surface area (Å²) in [5.41, 5.74) is 0.394. The van der Waals surface area contributed by atoms with Gasteiger partial charge in [0.05, 0.1) is 0 Å². The minimum atomic E-state index is -0.0529. The second-order valence-electron chi connectivity index (χ2n) is 4.77. The van der Waals surface area contributed by atoms with Crippen LogP contribution in [-0.4, -0.2) is 47.1 Å². The minimum Gasteiger partial charge on any atom is -0.361 e. The Bertz CT molecular complexity index is 581. The first-order valence-electron chi connectivity index (χ1n) is 6.61. The summed E-state index contributed by atoms with van der Waals surface area (Å²) in [6.07, 6.45) is 2.74. The van der Waals surface area contributed by atoms with Gasteiger partial charge in [-0.2, -0.15) is 0 Å². The third kappa shape index (κ3) is 2.67. The van der Waals surface area contributed by atoms with Crippen LogP contribution in [0.5, 0.6) is 0 Å². The van der Waals surface area contributed by atoms with Gasteiger partial charge >= 0.3 is 0 Å². The molecule has 0 saturated carbocycles. The van der Waals surface area contributed by atoms with Crippen LogP contribution in [0.15, 0.2) is 22.2 Å². The second-order valence-corrected chi connectivity index (χ2v) is 5.64. The molecule has 0 bridgehead atoms. The van der Waals surface area contributed by atoms with Gasteiger partial charge in [-0.25, -0.2) is 4.98 Å². The number of anilines is 1. The molecule has 0 atom stereocenters. The molecule has 1 fully saturated rings. The summed E-state index contributed by atoms with van der Waals surface area (Å²) in [5, 5.41) is 6.80. The quantitative estimate of drug-likeness (QED) is 0.844. The summed E-state index contributed by atoms with van der Waals surface area (Å²) in [4.78, 5) is 20.7. The molecule has 2 aromatic heterocycles. The van der Waals surface area contributed by atoms with E-state index in [1.165, 1.54) is 0 Å². The Morgan fingerprint density at radius 2 is 2.25 bits per heavy atom. The van der Waals surface area contributed by atoms with Crippen LogP contribution in [0.4, 0.5) is 5.13 Å². The van der Waals surface area contributed by atoms with Crippen molar-refractivity contribution in [2.24, 2.45) is 0 Å². The number of carbonyl (C=O) groups excluding carboxylic acids is 1. The number of amides is 1. The zero-order valence-electron chi connectivity index (χ0n) is 11.3. The summed E-state index contributed by atoms with van der Waals surface area (Å²) in [6.45, 7) is 4.94. The number of hydrogen-bond acceptors (Lipinski definition) is 6. The molecule has 0 aliphatic carbocycles. The molecular weight excluding hydrogens is 276 g/mol. The predicted octanol–water partition coefficient (Wildman–Crippen LogP) is 1.79. The molecule has 20 heavy (non-hydrogen) atoms. The van der Waals surface area contributed by atoms with Crippen molar-refractivity contribution in [2.45, 2.75) is 13.3 Å². The Balaban J connectivity index is 1.66. The maximum absolute atomic E-state index is 12.3. The first-order valence-corrected chi connectivity index (χ1v) is 7.49. The van der Waals surface area contributed by atoms with Crippen LogP contribution in [0.2, 0.25) is 0 Å². The van der Waals surface area contributed by atoms with Gasteiger partial charge in [0.25, 0.3) is 5.91 Å². The molecule has 0 unspecified atom stereocenters. The molecule has 0 radical (unpaired) electrons. The smallest absolute Gasteiger partial charge is 0.276 e. The normalized spacial score (nSPS) is 16.2. The lowest BCUT2D eigenvalue weighted by Crippen LogP contribution is -2.35. The van der Waals surface area contributed by atoms with E-state index in [-0.39, 0.29) is 5.91 Å². The van der Waals surface area contributed by atoms with Crippen LogP contribution in [0.3, 0.4) is 0 Å². The highest BCUT2D eigenvalue weighted by Crippen LogP contribution is 2.19. The molecule has 2 aromatic rings. The zero-order chi connectivity index (χ0) is 13.9. The molecule has 0 N–H and O–H groups in total. The summed E-state index contributed by atoms with van der Waals surface area (Å²) in [6, 6.07) is 1.69. The average Bonchev–Trinajstić information content (AvgIpc) is 3.05. The van der Waals surface area contributed by atoms with Gasteiger partial charge in [0.15, 0.2) is 10.8 Å². The molecule has 0 aromatic carbocycles. The van der Waals surface area contributed by atoms with Crippen LogP contribution in [0.1, 0.15) is 22.7 Å². The van der Waals surface area contributed by atoms with E-state index in [2.05, 4.69) is 15.0 Å². The van der Waals surface area contributed by atoms with Crippen LogP contribution in [0.25, 0.3) is 0 Å². The lowest BCUT2D eigenvalue weighted by Gasteiger charge is -2.20. The Morgan fingerprint density at radius 3 is 2.95 bits per heavy atom. The van der Waals surface area contributed by atoms with E-state index in [1.54, 1.807) is 24.3 Å². The van der Waals surface area contributed by atoms with Gasteiger partial charge in [-0.05, 0) is 13.3 Å². The number of rotatable bonds is 2. The molecule has 3 heterocycles. The van der Waals surface area contributed by atoms with E-state index in [0.717, 1.165) is 31.2 Å². The van der Waals surface area contributed by atoms with Crippen molar-refractivity contribution < 1.29 is 9.32 Å². The van der Waals surface area contributed by atoms with E-state index in [4.69, 9.17) is 4.52 Å². The fraction of sp³-hybridized carbons (Fsp3) is 0.462. The summed E-state index contributed by atoms with van der Waals surface area (Å²) >= 11 is 1.63. The highest BCUT2D eigenvalue weighted by molar-refractivity contribution is 7.13. The third-order valence-corrected chi connectivity index (χ3v) is 4.15. The van der Waals surface area contributed by atoms with Crippen molar-refractivity contribution in [3.8, 4) is 0 Å². The van der Waals surface area contributed by atoms with Crippen molar-refractivity contribution >= 4 is 22.4 Å². The van der Waals surface area contributed by atoms with Gasteiger partial charge in [0, 0.05) is 43.8 Å². The van der Waals surface area contributed by atoms with Gasteiger partial charge in [-0.3, -0.25) is 4.79 Å². The summed E-state index contributed by atoms with van der Waals surface area (Å²) in [7, 11) is 0. The summed E-state index contributed by atoms with van der Waals surface area (Å²) < 4.78 is 4.97. The first-order chi connectivity index (χ1) is 9.74. The number of aryl methyl sites for hydroxylation is 1. The number of hydrogen-bond donors (Lipinski definition) is 0. The molecule has 1 amide bonds. The molecule has 3 rings (SSSR count). The molecule has 0 spiro atoms. The minimum absolute atomic E-state index is 0.0529. The highest BCUT2D eigenvalue weighted by Gasteiger charge is 2.23. The summed E-state index contributed by atoms with van der Waals surface area (Å²) in [5.74, 6) is 0.607. The van der Waals surface area contributed by atoms with Gasteiger partial charge in [-0.15, -0.1) is 11.3 Å². The Morgan fingerprint density at radius 1 is 1.35 bits per heavy atom.